The third-order valence-electron chi connectivity index (χ3n) is 3.27. The summed E-state index contributed by atoms with van der Waals surface area (Å²) in [5.41, 5.74) is 1.03. The fraction of sp³-hybridized carbons (Fsp3) is 0. The van der Waals surface area contributed by atoms with Crippen LogP contribution in [0.25, 0.3) is 11.0 Å². The van der Waals surface area contributed by atoms with Gasteiger partial charge in [-0.25, -0.2) is 0 Å². The first-order valence-electron chi connectivity index (χ1n) is 6.85. The van der Waals surface area contributed by atoms with Crippen molar-refractivity contribution >= 4 is 39.4 Å². The first kappa shape index (κ1) is 15.9. The number of fused-ring (bicyclic) bond motifs is 1. The molecule has 120 valence electrons. The average molecular weight is 387 g/mol. The van der Waals surface area contributed by atoms with Gasteiger partial charge in [-0.05, 0) is 18.2 Å². The number of halogens is 1. The zero-order chi connectivity index (χ0) is 17.1. The number of aromatic nitrogens is 2. The molecule has 3 rings (SSSR count). The molecule has 0 aliphatic carbocycles. The predicted octanol–water partition coefficient (Wildman–Crippen LogP) is 2.03. The normalized spacial score (nSPS) is 11.7. The molecule has 1 heterocycles. The zero-order valence-electron chi connectivity index (χ0n) is 12.2. The highest BCUT2D eigenvalue weighted by molar-refractivity contribution is 9.10. The summed E-state index contributed by atoms with van der Waals surface area (Å²) in [6, 6.07) is 11.3. The van der Waals surface area contributed by atoms with Crippen LogP contribution in [0.1, 0.15) is 11.3 Å². The largest absolute Gasteiger partial charge is 0.618 e. The lowest BCUT2D eigenvalue weighted by Crippen LogP contribution is -2.41. The molecule has 7 nitrogen and oxygen atoms in total. The number of phenols is 1. The van der Waals surface area contributed by atoms with Crippen molar-refractivity contribution in [2.45, 2.75) is 0 Å². The van der Waals surface area contributed by atoms with Crippen LogP contribution < -0.4 is 9.46 Å². The van der Waals surface area contributed by atoms with E-state index in [0.29, 0.717) is 15.0 Å². The molecule has 0 unspecified atom stereocenters. The van der Waals surface area contributed by atoms with Crippen LogP contribution in [0.5, 0.6) is 5.75 Å². The van der Waals surface area contributed by atoms with Gasteiger partial charge in [0.1, 0.15) is 12.0 Å². The fourth-order valence-corrected chi connectivity index (χ4v) is 2.48. The van der Waals surface area contributed by atoms with E-state index in [9.17, 15) is 15.5 Å². The quantitative estimate of drug-likeness (QED) is 0.322. The summed E-state index contributed by atoms with van der Waals surface area (Å²) in [6.45, 7) is 0. The van der Waals surface area contributed by atoms with Gasteiger partial charge in [0, 0.05) is 22.2 Å². The van der Waals surface area contributed by atoms with Crippen LogP contribution in [0, 0.1) is 10.4 Å². The van der Waals surface area contributed by atoms with Crippen molar-refractivity contribution in [2.75, 3.05) is 0 Å². The number of nitrogens with zero attached hydrogens (tertiary/aromatic N) is 4. The maximum Gasteiger partial charge on any atom is 0.302 e. The SMILES string of the molecule is [O-][n+]1cc(/C=N/N=C/c2cc(Br)ccc2O)[n+]([O-])c2ccccc21. The molecule has 1 N–H and O–H groups in total. The third-order valence-corrected chi connectivity index (χ3v) is 3.76. The minimum atomic E-state index is 0.0548. The van der Waals surface area contributed by atoms with E-state index in [1.54, 1.807) is 36.4 Å². The molecule has 0 fully saturated rings. The highest BCUT2D eigenvalue weighted by Crippen LogP contribution is 2.20. The summed E-state index contributed by atoms with van der Waals surface area (Å²) < 4.78 is 2.00. The van der Waals surface area contributed by atoms with Gasteiger partial charge in [-0.2, -0.15) is 19.7 Å². The van der Waals surface area contributed by atoms with E-state index in [2.05, 4.69) is 26.1 Å². The second-order valence-corrected chi connectivity index (χ2v) is 5.77. The van der Waals surface area contributed by atoms with E-state index in [0.717, 1.165) is 10.7 Å². The Morgan fingerprint density at radius 1 is 1.00 bits per heavy atom. The summed E-state index contributed by atoms with van der Waals surface area (Å²) in [5.74, 6) is 0.0548. The maximum absolute atomic E-state index is 12.2. The van der Waals surface area contributed by atoms with E-state index in [-0.39, 0.29) is 22.5 Å². The Bertz CT molecular complexity index is 973. The molecule has 0 atom stereocenters. The van der Waals surface area contributed by atoms with Crippen LogP contribution in [0.4, 0.5) is 0 Å². The van der Waals surface area contributed by atoms with Crippen LogP contribution in [-0.2, 0) is 0 Å². The Morgan fingerprint density at radius 2 is 1.71 bits per heavy atom. The van der Waals surface area contributed by atoms with Gasteiger partial charge < -0.3 is 15.5 Å². The van der Waals surface area contributed by atoms with Crippen molar-refractivity contribution in [1.82, 2.24) is 0 Å². The van der Waals surface area contributed by atoms with Gasteiger partial charge in [0.05, 0.1) is 6.21 Å². The monoisotopic (exact) mass is 386 g/mol. The fourth-order valence-electron chi connectivity index (χ4n) is 2.11. The lowest BCUT2D eigenvalue weighted by molar-refractivity contribution is -0.629. The molecule has 0 radical (unpaired) electrons. The summed E-state index contributed by atoms with van der Waals surface area (Å²) >= 11 is 3.29. The molecular weight excluding hydrogens is 376 g/mol. The van der Waals surface area contributed by atoms with Crippen molar-refractivity contribution in [3.63, 3.8) is 0 Å². The second kappa shape index (κ2) is 6.63. The number of hydrogen-bond acceptors (Lipinski definition) is 5. The molecule has 0 aliphatic heterocycles. The van der Waals surface area contributed by atoms with E-state index in [1.165, 1.54) is 18.5 Å². The van der Waals surface area contributed by atoms with Gasteiger partial charge in [-0.1, -0.05) is 28.1 Å². The van der Waals surface area contributed by atoms with Crippen molar-refractivity contribution in [1.29, 1.82) is 0 Å². The molecule has 24 heavy (non-hydrogen) atoms. The van der Waals surface area contributed by atoms with Crippen LogP contribution >= 0.6 is 15.9 Å². The molecule has 0 bridgehead atoms. The van der Waals surface area contributed by atoms with E-state index < -0.39 is 0 Å². The van der Waals surface area contributed by atoms with E-state index >= 15 is 0 Å². The van der Waals surface area contributed by atoms with Crippen LogP contribution in [0.3, 0.4) is 0 Å². The predicted molar refractivity (Wildman–Crippen MR) is 92.9 cm³/mol. The van der Waals surface area contributed by atoms with Crippen LogP contribution in [-0.4, -0.2) is 17.5 Å². The van der Waals surface area contributed by atoms with Crippen molar-refractivity contribution in [3.05, 3.63) is 74.8 Å². The zero-order valence-corrected chi connectivity index (χ0v) is 13.8. The number of rotatable bonds is 3. The highest BCUT2D eigenvalue weighted by atomic mass is 79.9. The van der Waals surface area contributed by atoms with E-state index in [4.69, 9.17) is 0 Å². The Kier molecular flexibility index (Phi) is 4.39. The smallest absolute Gasteiger partial charge is 0.302 e. The standard InChI is InChI=1S/C16H11BrN4O3/c17-12-5-6-16(22)11(7-12)8-18-19-9-13-10-20(23)14-3-1-2-4-15(14)21(13)24/h1-10,22H/b18-8+,19-9+. The van der Waals surface area contributed by atoms with Gasteiger partial charge in [-0.3, -0.25) is 0 Å². The van der Waals surface area contributed by atoms with Gasteiger partial charge in [0.25, 0.3) is 17.2 Å². The maximum atomic E-state index is 12.2. The lowest BCUT2D eigenvalue weighted by Gasteiger charge is -2.04. The summed E-state index contributed by atoms with van der Waals surface area (Å²) in [5, 5.41) is 41.4. The molecule has 2 aromatic carbocycles. The summed E-state index contributed by atoms with van der Waals surface area (Å²) in [6.07, 6.45) is 3.66. The van der Waals surface area contributed by atoms with Crippen LogP contribution in [0.15, 0.2) is 63.3 Å². The first-order valence-corrected chi connectivity index (χ1v) is 7.65. The molecular formula is C16H11BrN4O3. The van der Waals surface area contributed by atoms with Gasteiger partial charge >= 0.3 is 5.69 Å². The minimum Gasteiger partial charge on any atom is -0.618 e. The Hall–Kier alpha value is -3.00. The third kappa shape index (κ3) is 3.18. The molecule has 8 heteroatoms. The van der Waals surface area contributed by atoms with Crippen molar-refractivity contribution in [2.24, 2.45) is 10.2 Å². The Balaban J connectivity index is 1.90. The Morgan fingerprint density at radius 3 is 2.50 bits per heavy atom. The first-order chi connectivity index (χ1) is 11.6. The number of para-hydroxylation sites is 2. The van der Waals surface area contributed by atoms with Crippen molar-refractivity contribution < 1.29 is 14.6 Å². The topological polar surface area (TPSA) is 98.8 Å². The number of aromatic hydroxyl groups is 1. The molecule has 0 saturated carbocycles. The number of benzene rings is 2. The van der Waals surface area contributed by atoms with Gasteiger partial charge in [0.2, 0.25) is 0 Å². The average Bonchev–Trinajstić information content (AvgIpc) is 2.59. The molecule has 1 aromatic heterocycles. The summed E-state index contributed by atoms with van der Waals surface area (Å²) in [4.78, 5) is 0. The Labute approximate surface area is 145 Å². The van der Waals surface area contributed by atoms with Crippen molar-refractivity contribution in [3.8, 4) is 5.75 Å². The molecule has 0 saturated heterocycles. The molecule has 0 amide bonds. The number of phenolic OH excluding ortho intramolecular Hbond substituents is 1. The number of hydrogen-bond donors (Lipinski definition) is 1. The second-order valence-electron chi connectivity index (χ2n) is 4.86. The van der Waals surface area contributed by atoms with E-state index in [1.807, 2.05) is 0 Å². The molecule has 0 spiro atoms. The molecule has 0 aliphatic rings. The lowest BCUT2D eigenvalue weighted by atomic mass is 10.2. The van der Waals surface area contributed by atoms with Gasteiger partial charge in [-0.15, -0.1) is 0 Å². The molecule has 3 aromatic rings. The van der Waals surface area contributed by atoms with Crippen LogP contribution in [0.2, 0.25) is 0 Å². The summed E-state index contributed by atoms with van der Waals surface area (Å²) in [7, 11) is 0. The van der Waals surface area contributed by atoms with Gasteiger partial charge in [0.15, 0.2) is 0 Å². The highest BCUT2D eigenvalue weighted by Gasteiger charge is 2.16. The minimum absolute atomic E-state index is 0.0548.